The Morgan fingerprint density at radius 1 is 1.25 bits per heavy atom. The van der Waals surface area contributed by atoms with Gasteiger partial charge in [-0.1, -0.05) is 30.7 Å². The molecule has 0 unspecified atom stereocenters. The Hall–Kier alpha value is -0.820. The summed E-state index contributed by atoms with van der Waals surface area (Å²) in [6.45, 7) is 8.11. The summed E-state index contributed by atoms with van der Waals surface area (Å²) in [4.78, 5) is 0. The van der Waals surface area contributed by atoms with Gasteiger partial charge in [0.15, 0.2) is 0 Å². The van der Waals surface area contributed by atoms with Crippen LogP contribution in [0, 0.1) is 13.8 Å². The van der Waals surface area contributed by atoms with E-state index in [1.165, 1.54) is 16.7 Å². The molecule has 0 aliphatic rings. The molecule has 0 amide bonds. The largest absolute Gasteiger partial charge is 0.237 e. The number of benzene rings is 1. The van der Waals surface area contributed by atoms with Crippen LogP contribution >= 0.6 is 0 Å². The molecule has 0 bridgehead atoms. The van der Waals surface area contributed by atoms with Gasteiger partial charge in [-0.2, -0.15) is 0 Å². The van der Waals surface area contributed by atoms with Crippen LogP contribution in [-0.4, -0.2) is 6.54 Å². The fraction of sp³-hybridized carbons (Fsp3) is 0.455. The van der Waals surface area contributed by atoms with Crippen LogP contribution in [0.3, 0.4) is 0 Å². The maximum Gasteiger partial charge on any atom is 0.0386 e. The Kier molecular flexibility index (Phi) is 3.30. The minimum absolute atomic E-state index is 0.865. The van der Waals surface area contributed by atoms with Crippen molar-refractivity contribution in [1.29, 1.82) is 0 Å². The lowest BCUT2D eigenvalue weighted by atomic mass is 10.1. The molecular formula is C11H16N. The fourth-order valence-corrected chi connectivity index (χ4v) is 1.20. The molecule has 0 heterocycles. The summed E-state index contributed by atoms with van der Waals surface area (Å²) in [6.07, 6.45) is 0. The van der Waals surface area contributed by atoms with Gasteiger partial charge >= 0.3 is 0 Å². The number of hydrogen-bond donors (Lipinski definition) is 0. The van der Waals surface area contributed by atoms with E-state index in [9.17, 15) is 0 Å². The highest BCUT2D eigenvalue weighted by atomic mass is 14.8. The van der Waals surface area contributed by atoms with E-state index in [1.807, 2.05) is 0 Å². The Morgan fingerprint density at radius 3 is 2.67 bits per heavy atom. The van der Waals surface area contributed by atoms with Crippen molar-refractivity contribution in [2.45, 2.75) is 27.3 Å². The third-order valence-corrected chi connectivity index (χ3v) is 2.01. The molecule has 65 valence electrons. The number of aryl methyl sites for hydroxylation is 2. The highest BCUT2D eigenvalue weighted by Crippen LogP contribution is 2.10. The van der Waals surface area contributed by atoms with Gasteiger partial charge in [-0.15, -0.1) is 0 Å². The van der Waals surface area contributed by atoms with Gasteiger partial charge in [0.2, 0.25) is 0 Å². The molecule has 1 aromatic carbocycles. The molecular weight excluding hydrogens is 146 g/mol. The summed E-state index contributed by atoms with van der Waals surface area (Å²) in [5, 5.41) is 4.34. The lowest BCUT2D eigenvalue weighted by molar-refractivity contribution is 0.706. The Bertz CT molecular complexity index is 253. The highest BCUT2D eigenvalue weighted by Gasteiger charge is 1.97. The van der Waals surface area contributed by atoms with Crippen LogP contribution in [0.4, 0.5) is 0 Å². The second-order valence-electron chi connectivity index (χ2n) is 3.13. The first-order valence-electron chi connectivity index (χ1n) is 4.43. The van der Waals surface area contributed by atoms with Gasteiger partial charge in [-0.05, 0) is 25.0 Å². The molecule has 0 spiro atoms. The lowest BCUT2D eigenvalue weighted by Gasteiger charge is -2.05. The topological polar surface area (TPSA) is 14.1 Å². The summed E-state index contributed by atoms with van der Waals surface area (Å²) in [7, 11) is 0. The molecule has 1 rings (SSSR count). The maximum atomic E-state index is 4.34. The van der Waals surface area contributed by atoms with Crippen molar-refractivity contribution in [2.24, 2.45) is 0 Å². The number of hydrogen-bond acceptors (Lipinski definition) is 0. The molecule has 0 saturated carbocycles. The van der Waals surface area contributed by atoms with Crippen LogP contribution in [-0.2, 0) is 6.54 Å². The van der Waals surface area contributed by atoms with Crippen molar-refractivity contribution in [1.82, 2.24) is 5.32 Å². The average molecular weight is 162 g/mol. The molecule has 1 aromatic rings. The van der Waals surface area contributed by atoms with E-state index in [2.05, 4.69) is 44.3 Å². The quantitative estimate of drug-likeness (QED) is 0.648. The molecule has 0 saturated heterocycles. The first kappa shape index (κ1) is 9.27. The van der Waals surface area contributed by atoms with Crippen molar-refractivity contribution >= 4 is 0 Å². The lowest BCUT2D eigenvalue weighted by Crippen LogP contribution is -2.04. The number of nitrogens with zero attached hydrogens (tertiary/aromatic N) is 1. The zero-order valence-electron chi connectivity index (χ0n) is 8.09. The minimum atomic E-state index is 0.865. The molecule has 0 N–H and O–H groups in total. The van der Waals surface area contributed by atoms with E-state index in [1.54, 1.807) is 0 Å². The molecule has 0 atom stereocenters. The van der Waals surface area contributed by atoms with Crippen LogP contribution in [0.5, 0.6) is 0 Å². The van der Waals surface area contributed by atoms with Crippen molar-refractivity contribution in [3.63, 3.8) is 0 Å². The van der Waals surface area contributed by atoms with Crippen LogP contribution in [0.15, 0.2) is 18.2 Å². The first-order valence-corrected chi connectivity index (χ1v) is 4.43. The van der Waals surface area contributed by atoms with Gasteiger partial charge in [-0.25, -0.2) is 5.32 Å². The van der Waals surface area contributed by atoms with E-state index in [4.69, 9.17) is 0 Å². The molecule has 1 radical (unpaired) electrons. The highest BCUT2D eigenvalue weighted by molar-refractivity contribution is 5.30. The summed E-state index contributed by atoms with van der Waals surface area (Å²) in [6, 6.07) is 6.52. The van der Waals surface area contributed by atoms with Gasteiger partial charge in [0, 0.05) is 13.1 Å². The molecule has 0 fully saturated rings. The van der Waals surface area contributed by atoms with Crippen molar-refractivity contribution in [2.75, 3.05) is 6.54 Å². The van der Waals surface area contributed by atoms with E-state index in [0.29, 0.717) is 0 Å². The van der Waals surface area contributed by atoms with Gasteiger partial charge in [0.25, 0.3) is 0 Å². The summed E-state index contributed by atoms with van der Waals surface area (Å²) < 4.78 is 0. The molecule has 1 nitrogen and oxygen atoms in total. The standard InChI is InChI=1S/C11H16N/c1-4-12-8-11-7-9(2)5-6-10(11)3/h5-7H,4,8H2,1-3H3. The maximum absolute atomic E-state index is 4.34. The normalized spacial score (nSPS) is 10.2. The first-order chi connectivity index (χ1) is 5.74. The summed E-state index contributed by atoms with van der Waals surface area (Å²) in [5.74, 6) is 0. The van der Waals surface area contributed by atoms with E-state index in [0.717, 1.165) is 13.1 Å². The van der Waals surface area contributed by atoms with Gasteiger partial charge in [0.1, 0.15) is 0 Å². The molecule has 12 heavy (non-hydrogen) atoms. The molecule has 0 aliphatic carbocycles. The van der Waals surface area contributed by atoms with Gasteiger partial charge in [-0.3, -0.25) is 0 Å². The van der Waals surface area contributed by atoms with Crippen LogP contribution in [0.1, 0.15) is 23.6 Å². The minimum Gasteiger partial charge on any atom is -0.237 e. The van der Waals surface area contributed by atoms with Crippen LogP contribution in [0.2, 0.25) is 0 Å². The molecule has 0 aliphatic heterocycles. The SMILES string of the molecule is CC[N]Cc1cc(C)ccc1C. The third kappa shape index (κ3) is 2.35. The van der Waals surface area contributed by atoms with Crippen molar-refractivity contribution < 1.29 is 0 Å². The summed E-state index contributed by atoms with van der Waals surface area (Å²) >= 11 is 0. The molecule has 1 heteroatoms. The van der Waals surface area contributed by atoms with Gasteiger partial charge in [0.05, 0.1) is 0 Å². The van der Waals surface area contributed by atoms with Gasteiger partial charge < -0.3 is 0 Å². The Morgan fingerprint density at radius 2 is 2.00 bits per heavy atom. The second kappa shape index (κ2) is 4.27. The van der Waals surface area contributed by atoms with Crippen LogP contribution < -0.4 is 5.32 Å². The zero-order chi connectivity index (χ0) is 8.97. The van der Waals surface area contributed by atoms with E-state index in [-0.39, 0.29) is 0 Å². The summed E-state index contributed by atoms with van der Waals surface area (Å²) in [5.41, 5.74) is 4.02. The fourth-order valence-electron chi connectivity index (χ4n) is 1.20. The third-order valence-electron chi connectivity index (χ3n) is 2.01. The average Bonchev–Trinajstić information content (AvgIpc) is 2.07. The van der Waals surface area contributed by atoms with E-state index < -0.39 is 0 Å². The smallest absolute Gasteiger partial charge is 0.0386 e. The van der Waals surface area contributed by atoms with Crippen LogP contribution in [0.25, 0.3) is 0 Å². The van der Waals surface area contributed by atoms with Crippen molar-refractivity contribution in [3.05, 3.63) is 34.9 Å². The Balaban J connectivity index is 2.75. The molecule has 0 aromatic heterocycles. The monoisotopic (exact) mass is 162 g/mol. The number of rotatable bonds is 3. The Labute approximate surface area is 74.8 Å². The van der Waals surface area contributed by atoms with E-state index >= 15 is 0 Å². The predicted octanol–water partition coefficient (Wildman–Crippen LogP) is 2.43. The van der Waals surface area contributed by atoms with Crippen molar-refractivity contribution in [3.8, 4) is 0 Å². The zero-order valence-corrected chi connectivity index (χ0v) is 8.09. The predicted molar refractivity (Wildman–Crippen MR) is 52.3 cm³/mol. The second-order valence-corrected chi connectivity index (χ2v) is 3.13.